The van der Waals surface area contributed by atoms with Crippen LogP contribution in [0.3, 0.4) is 0 Å². The Morgan fingerprint density at radius 2 is 0.952 bits per heavy atom. The molecule has 0 unspecified atom stereocenters. The summed E-state index contributed by atoms with van der Waals surface area (Å²) in [5.41, 5.74) is 3.70. The van der Waals surface area contributed by atoms with Crippen LogP contribution in [0.25, 0.3) is 0 Å². The molecule has 2 saturated carbocycles. The number of Topliss-reactive ketones (excluding diaryl/α,β-unsaturated/α-hetero) is 1. The summed E-state index contributed by atoms with van der Waals surface area (Å²) in [6, 6.07) is 39.7. The number of benzene rings is 4. The van der Waals surface area contributed by atoms with Gasteiger partial charge in [-0.2, -0.15) is 0 Å². The molecular formula is C39H30FeO2+2. The van der Waals surface area contributed by atoms with Crippen LogP contribution < -0.4 is 0 Å². The fourth-order valence-electron chi connectivity index (χ4n) is 7.05. The van der Waals surface area contributed by atoms with Gasteiger partial charge in [-0.25, -0.2) is 0 Å². The number of rotatable bonds is 5. The molecule has 8 rings (SSSR count). The second-order valence-corrected chi connectivity index (χ2v) is 10.7. The van der Waals surface area contributed by atoms with Crippen molar-refractivity contribution in [3.63, 3.8) is 0 Å². The van der Waals surface area contributed by atoms with Crippen LogP contribution in [0.4, 0.5) is 0 Å². The average Bonchev–Trinajstić information content (AvgIpc) is 3.87. The number of carbonyl (C=O) groups excluding carboxylic acids is 1. The molecule has 0 spiro atoms. The van der Waals surface area contributed by atoms with E-state index >= 15 is 0 Å². The van der Waals surface area contributed by atoms with E-state index in [1.165, 1.54) is 0 Å². The second kappa shape index (κ2) is 12.3. The summed E-state index contributed by atoms with van der Waals surface area (Å²) in [6.07, 6.45) is 17.7. The minimum absolute atomic E-state index is 0. The number of ether oxygens (including phenoxy) is 1. The van der Waals surface area contributed by atoms with E-state index in [1.54, 1.807) is 0 Å². The normalized spacial score (nSPS) is 27.5. The van der Waals surface area contributed by atoms with Gasteiger partial charge in [0.2, 0.25) is 0 Å². The van der Waals surface area contributed by atoms with Gasteiger partial charge in [0, 0.05) is 11.8 Å². The van der Waals surface area contributed by atoms with E-state index in [2.05, 4.69) is 84.9 Å². The van der Waals surface area contributed by atoms with Crippen LogP contribution in [-0.4, -0.2) is 5.78 Å². The molecule has 4 aromatic rings. The van der Waals surface area contributed by atoms with Crippen molar-refractivity contribution in [3.05, 3.63) is 207 Å². The Hall–Kier alpha value is -2.97. The van der Waals surface area contributed by atoms with Crippen LogP contribution in [-0.2, 0) is 37.8 Å². The Morgan fingerprint density at radius 3 is 1.48 bits per heavy atom. The summed E-state index contributed by atoms with van der Waals surface area (Å²) in [7, 11) is 0. The Morgan fingerprint density at radius 1 is 0.524 bits per heavy atom. The first-order chi connectivity index (χ1) is 20.3. The molecule has 2 heterocycles. The molecule has 0 amide bonds. The zero-order chi connectivity index (χ0) is 27.7. The fraction of sp³-hybridized carbons (Fsp3) is 0.103. The van der Waals surface area contributed by atoms with Crippen molar-refractivity contribution >= 4 is 5.78 Å². The first-order valence-electron chi connectivity index (χ1n) is 14.2. The first-order valence-corrected chi connectivity index (χ1v) is 14.2. The van der Waals surface area contributed by atoms with Gasteiger partial charge in [0.25, 0.3) is 0 Å². The fourth-order valence-corrected chi connectivity index (χ4v) is 7.05. The monoisotopic (exact) mass is 586 g/mol. The van der Waals surface area contributed by atoms with E-state index in [9.17, 15) is 4.79 Å². The molecular weight excluding hydrogens is 556 g/mol. The summed E-state index contributed by atoms with van der Waals surface area (Å²) in [5, 5.41) is 0. The van der Waals surface area contributed by atoms with Gasteiger partial charge >= 0.3 is 17.1 Å². The van der Waals surface area contributed by atoms with Crippen LogP contribution in [0, 0.1) is 69.6 Å². The Balaban J connectivity index is 0.000000479. The van der Waals surface area contributed by atoms with E-state index in [4.69, 9.17) is 4.74 Å². The SMILES string of the molecule is O=C([C]1[CH][CH][CH][CH]1)[C@@H]1[C@@H](c2ccccc2)[C@]2(c3ccccc3)O[C@@]1(c1ccccc1)c1ccccc12.[CH]1[CH][CH][CH][CH]1.[Fe+2]. The smallest absolute Gasteiger partial charge is 0.348 e. The van der Waals surface area contributed by atoms with Gasteiger partial charge in [-0.3, -0.25) is 4.79 Å². The maximum Gasteiger partial charge on any atom is 2.00 e. The van der Waals surface area contributed by atoms with Crippen LogP contribution in [0.1, 0.15) is 33.7 Å². The van der Waals surface area contributed by atoms with Crippen molar-refractivity contribution in [2.45, 2.75) is 17.1 Å². The minimum atomic E-state index is -0.914. The zero-order valence-electron chi connectivity index (χ0n) is 23.0. The molecule has 1 saturated heterocycles. The van der Waals surface area contributed by atoms with Crippen molar-refractivity contribution in [2.75, 3.05) is 0 Å². The maximum atomic E-state index is 14.6. The molecule has 10 radical (unpaired) electrons. The number of hydrogen-bond donors (Lipinski definition) is 0. The van der Waals surface area contributed by atoms with Crippen LogP contribution >= 0.6 is 0 Å². The van der Waals surface area contributed by atoms with E-state index < -0.39 is 17.1 Å². The molecule has 4 aromatic carbocycles. The summed E-state index contributed by atoms with van der Waals surface area (Å²) in [4.78, 5) is 14.6. The molecule has 4 aliphatic rings. The van der Waals surface area contributed by atoms with Gasteiger partial charge < -0.3 is 4.74 Å². The van der Waals surface area contributed by atoms with Crippen molar-refractivity contribution in [1.82, 2.24) is 0 Å². The zero-order valence-corrected chi connectivity index (χ0v) is 24.1. The predicted octanol–water partition coefficient (Wildman–Crippen LogP) is 7.61. The summed E-state index contributed by atoms with van der Waals surface area (Å²) < 4.78 is 7.47. The van der Waals surface area contributed by atoms with E-state index in [0.717, 1.165) is 33.7 Å². The van der Waals surface area contributed by atoms with Crippen LogP contribution in [0.5, 0.6) is 0 Å². The Labute approximate surface area is 261 Å². The molecule has 3 heteroatoms. The van der Waals surface area contributed by atoms with Gasteiger partial charge in [-0.15, -0.1) is 0 Å². The number of ketones is 1. The molecule has 42 heavy (non-hydrogen) atoms. The van der Waals surface area contributed by atoms with Crippen LogP contribution in [0.2, 0.25) is 0 Å². The van der Waals surface area contributed by atoms with Crippen molar-refractivity contribution in [2.24, 2.45) is 5.92 Å². The topological polar surface area (TPSA) is 26.3 Å². The molecule has 0 aromatic heterocycles. The maximum absolute atomic E-state index is 14.6. The molecule has 2 aliphatic heterocycles. The summed E-state index contributed by atoms with van der Waals surface area (Å²) in [5.74, 6) is 0.191. The average molecular weight is 587 g/mol. The molecule has 204 valence electrons. The Kier molecular flexibility index (Phi) is 8.55. The third-order valence-electron chi connectivity index (χ3n) is 8.61. The second-order valence-electron chi connectivity index (χ2n) is 10.7. The molecule has 0 N–H and O–H groups in total. The molecule has 4 atom stereocenters. The third-order valence-corrected chi connectivity index (χ3v) is 8.61. The van der Waals surface area contributed by atoms with Gasteiger partial charge in [0.15, 0.2) is 0 Å². The Bertz CT molecular complexity index is 1470. The predicted molar refractivity (Wildman–Crippen MR) is 162 cm³/mol. The van der Waals surface area contributed by atoms with E-state index in [0.29, 0.717) is 0 Å². The van der Waals surface area contributed by atoms with Gasteiger partial charge in [-0.05, 0) is 85.6 Å². The van der Waals surface area contributed by atoms with Gasteiger partial charge in [0.05, 0.1) is 5.92 Å². The largest absolute Gasteiger partial charge is 2.00 e. The molecule has 2 aliphatic carbocycles. The molecule has 2 nitrogen and oxygen atoms in total. The minimum Gasteiger partial charge on any atom is -0.348 e. The number of carbonyl (C=O) groups is 1. The summed E-state index contributed by atoms with van der Waals surface area (Å²) in [6.45, 7) is 0. The van der Waals surface area contributed by atoms with E-state index in [1.807, 2.05) is 88.1 Å². The number of fused-ring (bicyclic) bond motifs is 5. The summed E-state index contributed by atoms with van der Waals surface area (Å²) >= 11 is 0. The van der Waals surface area contributed by atoms with Crippen molar-refractivity contribution in [1.29, 1.82) is 0 Å². The van der Waals surface area contributed by atoms with Crippen molar-refractivity contribution < 1.29 is 26.6 Å². The molecule has 3 fully saturated rings. The quantitative estimate of drug-likeness (QED) is 0.225. The first kappa shape index (κ1) is 29.1. The van der Waals surface area contributed by atoms with Gasteiger partial charge in [0.1, 0.15) is 17.0 Å². The van der Waals surface area contributed by atoms with Crippen molar-refractivity contribution in [3.8, 4) is 0 Å². The molecule has 2 bridgehead atoms. The third kappa shape index (κ3) is 4.62. The standard InChI is InChI=1S/C34H25O2.C5H5.Fe/c35-32(25-16-10-11-17-25)31-30(24-14-4-1-5-15-24)33(26-18-6-2-7-19-26)28-22-12-13-23-29(28)34(31,36-33)27-20-8-3-9-21-27;1-2-4-5-3-1;/h1-23,30-31H;1-5H;/q;;+2/t30-,31+,33-,34+;;/m1../s1. The van der Waals surface area contributed by atoms with E-state index in [-0.39, 0.29) is 28.8 Å². The van der Waals surface area contributed by atoms with Gasteiger partial charge in [-0.1, -0.05) is 115 Å². The van der Waals surface area contributed by atoms with Crippen LogP contribution in [0.15, 0.2) is 115 Å². The number of hydrogen-bond acceptors (Lipinski definition) is 2.